The second-order valence-electron chi connectivity index (χ2n) is 5.67. The Balaban J connectivity index is 2.14. The molecule has 0 bridgehead atoms. The highest BCUT2D eigenvalue weighted by Gasteiger charge is 2.15. The normalized spacial score (nSPS) is 11.0. The molecule has 5 nitrogen and oxygen atoms in total. The number of thioether (sulfide) groups is 1. The first-order valence-electron chi connectivity index (χ1n) is 7.74. The van der Waals surface area contributed by atoms with Gasteiger partial charge < -0.3 is 9.67 Å². The highest BCUT2D eigenvalue weighted by Crippen LogP contribution is 2.22. The zero-order valence-corrected chi connectivity index (χ0v) is 14.9. The van der Waals surface area contributed by atoms with Gasteiger partial charge in [0.05, 0.1) is 5.75 Å². The first kappa shape index (κ1) is 17.7. The molecule has 0 aliphatic rings. The monoisotopic (exact) mass is 333 g/mol. The summed E-state index contributed by atoms with van der Waals surface area (Å²) in [6.07, 6.45) is 0.919. The maximum atomic E-state index is 12.5. The molecule has 1 N–H and O–H groups in total. The average Bonchev–Trinajstić information content (AvgIpc) is 2.91. The van der Waals surface area contributed by atoms with Crippen LogP contribution in [0.25, 0.3) is 0 Å². The highest BCUT2D eigenvalue weighted by atomic mass is 32.2. The molecule has 0 fully saturated rings. The van der Waals surface area contributed by atoms with Gasteiger partial charge in [0.25, 0.3) is 0 Å². The standard InChI is InChI=1S/C17H23N3O2S/c1-5-6-20-16(9-21)18-19-17(20)23-10-15(22)14-8-12(3)11(2)7-13(14)4/h7-8,21H,5-6,9-10H2,1-4H3. The van der Waals surface area contributed by atoms with Crippen LogP contribution in [-0.2, 0) is 13.2 Å². The number of ketones is 1. The summed E-state index contributed by atoms with van der Waals surface area (Å²) in [7, 11) is 0. The van der Waals surface area contributed by atoms with Crippen LogP contribution < -0.4 is 0 Å². The van der Waals surface area contributed by atoms with Crippen LogP contribution in [0.3, 0.4) is 0 Å². The Labute approximate surface area is 141 Å². The Hall–Kier alpha value is -1.66. The molecule has 0 aliphatic carbocycles. The molecule has 23 heavy (non-hydrogen) atoms. The Bertz CT molecular complexity index is 710. The Morgan fingerprint density at radius 1 is 1.17 bits per heavy atom. The van der Waals surface area contributed by atoms with Crippen LogP contribution in [0.1, 0.15) is 46.2 Å². The summed E-state index contributed by atoms with van der Waals surface area (Å²) in [5.41, 5.74) is 4.09. The zero-order valence-electron chi connectivity index (χ0n) is 14.1. The minimum absolute atomic E-state index is 0.0900. The summed E-state index contributed by atoms with van der Waals surface area (Å²) in [5.74, 6) is 0.952. The second-order valence-corrected chi connectivity index (χ2v) is 6.61. The lowest BCUT2D eigenvalue weighted by atomic mass is 9.99. The van der Waals surface area contributed by atoms with E-state index in [-0.39, 0.29) is 12.4 Å². The fraction of sp³-hybridized carbons (Fsp3) is 0.471. The van der Waals surface area contributed by atoms with E-state index in [9.17, 15) is 9.90 Å². The molecule has 0 spiro atoms. The third kappa shape index (κ3) is 4.00. The predicted octanol–water partition coefficient (Wildman–Crippen LogP) is 3.08. The number of aliphatic hydroxyl groups excluding tert-OH is 1. The fourth-order valence-corrected chi connectivity index (χ4v) is 3.33. The van der Waals surface area contributed by atoms with Crippen molar-refractivity contribution in [1.82, 2.24) is 14.8 Å². The Kier molecular flexibility index (Phi) is 5.96. The molecule has 0 radical (unpaired) electrons. The number of rotatable bonds is 7. The number of carbonyl (C=O) groups excluding carboxylic acids is 1. The fourth-order valence-electron chi connectivity index (χ4n) is 2.46. The number of hydrogen-bond donors (Lipinski definition) is 1. The van der Waals surface area contributed by atoms with Crippen LogP contribution in [-0.4, -0.2) is 31.4 Å². The van der Waals surface area contributed by atoms with Crippen molar-refractivity contribution in [1.29, 1.82) is 0 Å². The summed E-state index contributed by atoms with van der Waals surface area (Å²) < 4.78 is 1.88. The number of benzene rings is 1. The van der Waals surface area contributed by atoms with Gasteiger partial charge in [-0.05, 0) is 49.9 Å². The molecular weight excluding hydrogens is 310 g/mol. The summed E-state index contributed by atoms with van der Waals surface area (Å²) >= 11 is 1.37. The number of hydrogen-bond acceptors (Lipinski definition) is 5. The van der Waals surface area contributed by atoms with E-state index in [1.54, 1.807) is 0 Å². The Morgan fingerprint density at radius 2 is 1.87 bits per heavy atom. The van der Waals surface area contributed by atoms with Crippen molar-refractivity contribution < 1.29 is 9.90 Å². The predicted molar refractivity (Wildman–Crippen MR) is 91.9 cm³/mol. The third-order valence-electron chi connectivity index (χ3n) is 3.86. The van der Waals surface area contributed by atoms with Gasteiger partial charge in [0, 0.05) is 12.1 Å². The van der Waals surface area contributed by atoms with E-state index in [1.807, 2.05) is 24.5 Å². The molecule has 6 heteroatoms. The van der Waals surface area contributed by atoms with Gasteiger partial charge in [-0.3, -0.25) is 4.79 Å². The maximum absolute atomic E-state index is 12.5. The zero-order chi connectivity index (χ0) is 17.0. The summed E-state index contributed by atoms with van der Waals surface area (Å²) in [5, 5.41) is 18.1. The number of aliphatic hydroxyl groups is 1. The van der Waals surface area contributed by atoms with Crippen molar-refractivity contribution >= 4 is 17.5 Å². The number of Topliss-reactive ketones (excluding diaryl/α,β-unsaturated/α-hetero) is 1. The quantitative estimate of drug-likeness (QED) is 0.623. The first-order valence-corrected chi connectivity index (χ1v) is 8.73. The lowest BCUT2D eigenvalue weighted by molar-refractivity contribution is 0.102. The van der Waals surface area contributed by atoms with E-state index < -0.39 is 0 Å². The van der Waals surface area contributed by atoms with Crippen molar-refractivity contribution in [3.05, 3.63) is 40.2 Å². The number of nitrogens with zero attached hydrogens (tertiary/aromatic N) is 3. The molecule has 124 valence electrons. The van der Waals surface area contributed by atoms with E-state index in [0.29, 0.717) is 16.7 Å². The number of carbonyl (C=O) groups is 1. The maximum Gasteiger partial charge on any atom is 0.191 e. The van der Waals surface area contributed by atoms with Crippen LogP contribution in [0.15, 0.2) is 17.3 Å². The van der Waals surface area contributed by atoms with Crippen molar-refractivity contribution in [2.45, 2.75) is 52.4 Å². The van der Waals surface area contributed by atoms with Gasteiger partial charge in [-0.2, -0.15) is 0 Å². The van der Waals surface area contributed by atoms with Crippen LogP contribution in [0.4, 0.5) is 0 Å². The molecule has 2 aromatic rings. The van der Waals surface area contributed by atoms with Crippen LogP contribution in [0.2, 0.25) is 0 Å². The number of aromatic nitrogens is 3. The molecule has 0 saturated heterocycles. The van der Waals surface area contributed by atoms with Gasteiger partial charge in [0.2, 0.25) is 0 Å². The van der Waals surface area contributed by atoms with E-state index in [2.05, 4.69) is 30.1 Å². The smallest absolute Gasteiger partial charge is 0.191 e. The third-order valence-corrected chi connectivity index (χ3v) is 4.82. The molecule has 0 saturated carbocycles. The summed E-state index contributed by atoms with van der Waals surface area (Å²) in [6.45, 7) is 8.69. The molecule has 1 aromatic carbocycles. The van der Waals surface area contributed by atoms with E-state index in [4.69, 9.17) is 0 Å². The van der Waals surface area contributed by atoms with Gasteiger partial charge in [-0.25, -0.2) is 0 Å². The summed E-state index contributed by atoms with van der Waals surface area (Å²) in [6, 6.07) is 4.01. The number of aryl methyl sites for hydroxylation is 3. The minimum Gasteiger partial charge on any atom is -0.388 e. The van der Waals surface area contributed by atoms with Crippen molar-refractivity contribution in [2.24, 2.45) is 0 Å². The molecule has 0 aliphatic heterocycles. The van der Waals surface area contributed by atoms with Crippen LogP contribution >= 0.6 is 11.8 Å². The van der Waals surface area contributed by atoms with Gasteiger partial charge >= 0.3 is 0 Å². The van der Waals surface area contributed by atoms with Crippen molar-refractivity contribution in [2.75, 3.05) is 5.75 Å². The van der Waals surface area contributed by atoms with Crippen molar-refractivity contribution in [3.8, 4) is 0 Å². The molecule has 0 amide bonds. The molecule has 0 unspecified atom stereocenters. The lowest BCUT2D eigenvalue weighted by Gasteiger charge is -2.10. The average molecular weight is 333 g/mol. The van der Waals surface area contributed by atoms with E-state index >= 15 is 0 Å². The molecule has 1 aromatic heterocycles. The lowest BCUT2D eigenvalue weighted by Crippen LogP contribution is -2.09. The van der Waals surface area contributed by atoms with Gasteiger partial charge in [0.15, 0.2) is 16.8 Å². The second kappa shape index (κ2) is 7.75. The van der Waals surface area contributed by atoms with Crippen LogP contribution in [0.5, 0.6) is 0 Å². The first-order chi connectivity index (χ1) is 11.0. The highest BCUT2D eigenvalue weighted by molar-refractivity contribution is 7.99. The van der Waals surface area contributed by atoms with Gasteiger partial charge in [-0.1, -0.05) is 24.8 Å². The van der Waals surface area contributed by atoms with Crippen molar-refractivity contribution in [3.63, 3.8) is 0 Å². The van der Waals surface area contributed by atoms with Gasteiger partial charge in [-0.15, -0.1) is 10.2 Å². The summed E-state index contributed by atoms with van der Waals surface area (Å²) in [4.78, 5) is 12.5. The van der Waals surface area contributed by atoms with E-state index in [0.717, 1.165) is 29.7 Å². The minimum atomic E-state index is -0.141. The SMILES string of the molecule is CCCn1c(CO)nnc1SCC(=O)c1cc(C)c(C)cc1C. The van der Waals surface area contributed by atoms with Crippen LogP contribution in [0, 0.1) is 20.8 Å². The topological polar surface area (TPSA) is 68.0 Å². The molecular formula is C17H23N3O2S. The Morgan fingerprint density at radius 3 is 2.52 bits per heavy atom. The largest absolute Gasteiger partial charge is 0.388 e. The molecule has 1 heterocycles. The van der Waals surface area contributed by atoms with Gasteiger partial charge in [0.1, 0.15) is 6.61 Å². The molecule has 0 atom stereocenters. The van der Waals surface area contributed by atoms with E-state index in [1.165, 1.54) is 17.3 Å². The molecule has 2 rings (SSSR count).